The smallest absolute Gasteiger partial charge is 0.264 e. The zero-order valence-corrected chi connectivity index (χ0v) is 24.5. The quantitative estimate of drug-likeness (QED) is 0.354. The van der Waals surface area contributed by atoms with Crippen molar-refractivity contribution in [2.45, 2.75) is 31.7 Å². The first kappa shape index (κ1) is 27.6. The molecule has 0 spiro atoms. The van der Waals surface area contributed by atoms with Crippen molar-refractivity contribution in [3.8, 4) is 11.5 Å². The van der Waals surface area contributed by atoms with Crippen LogP contribution >= 0.6 is 11.8 Å². The molecule has 2 aliphatic rings. The van der Waals surface area contributed by atoms with E-state index >= 15 is 0 Å². The summed E-state index contributed by atoms with van der Waals surface area (Å²) in [4.78, 5) is 34.3. The Balaban J connectivity index is 1.32. The van der Waals surface area contributed by atoms with Crippen LogP contribution in [0.1, 0.15) is 35.3 Å². The third-order valence-corrected chi connectivity index (χ3v) is 8.41. The largest absolute Gasteiger partial charge is 0.493 e. The normalized spacial score (nSPS) is 18.1. The number of aryl methyl sites for hydroxylation is 1. The van der Waals surface area contributed by atoms with Crippen LogP contribution < -0.4 is 19.3 Å². The molecular weight excluding hydrogens is 522 g/mol. The molecule has 2 heterocycles. The number of carbonyl (C=O) groups is 2. The number of nitrogens with zero attached hydrogens (tertiary/aromatic N) is 3. The second-order valence-electron chi connectivity index (χ2n) is 10.1. The van der Waals surface area contributed by atoms with Crippen LogP contribution in [0.15, 0.2) is 70.5 Å². The lowest BCUT2D eigenvalue weighted by Gasteiger charge is -2.41. The second-order valence-corrected chi connectivity index (χ2v) is 11.2. The van der Waals surface area contributed by atoms with Gasteiger partial charge in [0.2, 0.25) is 0 Å². The van der Waals surface area contributed by atoms with E-state index in [-0.39, 0.29) is 17.9 Å². The van der Waals surface area contributed by atoms with Crippen LogP contribution in [0.25, 0.3) is 6.08 Å². The Kier molecular flexibility index (Phi) is 8.07. The molecule has 208 valence electrons. The number of carbonyl (C=O) groups excluding carboxylic acids is 2. The van der Waals surface area contributed by atoms with Gasteiger partial charge in [-0.15, -0.1) is 0 Å². The molecule has 0 aliphatic carbocycles. The molecule has 5 rings (SSSR count). The van der Waals surface area contributed by atoms with Gasteiger partial charge in [0.05, 0.1) is 24.3 Å². The Morgan fingerprint density at radius 2 is 1.90 bits per heavy atom. The van der Waals surface area contributed by atoms with Gasteiger partial charge in [-0.05, 0) is 80.4 Å². The molecule has 0 bridgehead atoms. The fraction of sp³-hybridized carbons (Fsp3) is 0.312. The molecule has 2 aliphatic heterocycles. The van der Waals surface area contributed by atoms with Gasteiger partial charge in [-0.25, -0.2) is 0 Å². The molecule has 1 unspecified atom stereocenters. The number of benzene rings is 3. The van der Waals surface area contributed by atoms with Gasteiger partial charge in [0.25, 0.3) is 11.8 Å². The highest BCUT2D eigenvalue weighted by Gasteiger charge is 2.31. The van der Waals surface area contributed by atoms with Gasteiger partial charge in [0.15, 0.2) is 11.5 Å². The minimum Gasteiger partial charge on any atom is -0.493 e. The second kappa shape index (κ2) is 11.7. The molecule has 2 amide bonds. The average Bonchev–Trinajstić information content (AvgIpc) is 2.96. The van der Waals surface area contributed by atoms with E-state index in [9.17, 15) is 9.59 Å². The molecule has 1 saturated heterocycles. The molecule has 40 heavy (non-hydrogen) atoms. The fourth-order valence-electron chi connectivity index (χ4n) is 5.24. The summed E-state index contributed by atoms with van der Waals surface area (Å²) >= 11 is 1.41. The van der Waals surface area contributed by atoms with E-state index in [1.54, 1.807) is 19.1 Å². The molecule has 0 saturated carbocycles. The number of amides is 2. The number of fused-ring (bicyclic) bond motifs is 1. The van der Waals surface area contributed by atoms with Crippen molar-refractivity contribution in [1.82, 2.24) is 4.90 Å². The molecule has 3 aromatic carbocycles. The van der Waals surface area contributed by atoms with E-state index in [1.807, 2.05) is 54.3 Å². The minimum absolute atomic E-state index is 0.00721. The molecule has 8 heteroatoms. The highest BCUT2D eigenvalue weighted by molar-refractivity contribution is 8.04. The summed E-state index contributed by atoms with van der Waals surface area (Å²) in [7, 11) is 3.35. The number of likely N-dealkylation sites (N-methyl/N-ethyl adjacent to an activating group) is 1. The third-order valence-electron chi connectivity index (χ3n) is 7.34. The summed E-state index contributed by atoms with van der Waals surface area (Å²) in [5.41, 5.74) is 4.61. The monoisotopic (exact) mass is 557 g/mol. The minimum atomic E-state index is -0.115. The van der Waals surface area contributed by atoms with Crippen molar-refractivity contribution in [1.29, 1.82) is 0 Å². The van der Waals surface area contributed by atoms with Crippen molar-refractivity contribution in [3.63, 3.8) is 0 Å². The number of ether oxygens (including phenoxy) is 2. The number of methoxy groups -OCH3 is 1. The topological polar surface area (TPSA) is 62.3 Å². The summed E-state index contributed by atoms with van der Waals surface area (Å²) < 4.78 is 11.1. The van der Waals surface area contributed by atoms with Crippen LogP contribution in [-0.2, 0) is 4.79 Å². The molecular formula is C32H35N3O4S. The summed E-state index contributed by atoms with van der Waals surface area (Å²) in [6.45, 7) is 8.79. The predicted octanol–water partition coefficient (Wildman–Crippen LogP) is 5.86. The standard InChI is InChI=1S/C32H35N3O4S/c1-6-39-27-12-10-23(17-28(27)38-5)18-30-32(37)33(4)26-19-24(11-13-29(26)40-30)31(36)34-14-15-35(22(3)20-34)25-9-7-8-21(2)16-25/h7-13,16-19,22H,6,14-15,20H2,1-5H3/b30-18+. The summed E-state index contributed by atoms with van der Waals surface area (Å²) in [6.07, 6.45) is 1.86. The predicted molar refractivity (Wildman–Crippen MR) is 162 cm³/mol. The number of thioether (sulfide) groups is 1. The highest BCUT2D eigenvalue weighted by Crippen LogP contribution is 2.42. The Labute approximate surface area is 240 Å². The van der Waals surface area contributed by atoms with Gasteiger partial charge in [0.1, 0.15) is 0 Å². The lowest BCUT2D eigenvalue weighted by Crippen LogP contribution is -2.53. The highest BCUT2D eigenvalue weighted by atomic mass is 32.2. The lowest BCUT2D eigenvalue weighted by molar-refractivity contribution is -0.114. The van der Waals surface area contributed by atoms with E-state index in [4.69, 9.17) is 9.47 Å². The third kappa shape index (κ3) is 5.54. The Morgan fingerprint density at radius 1 is 1.07 bits per heavy atom. The van der Waals surface area contributed by atoms with Crippen LogP contribution in [0.5, 0.6) is 11.5 Å². The van der Waals surface area contributed by atoms with Crippen LogP contribution in [0.2, 0.25) is 0 Å². The Morgan fingerprint density at radius 3 is 2.62 bits per heavy atom. The molecule has 1 fully saturated rings. The van der Waals surface area contributed by atoms with Crippen LogP contribution in [0.4, 0.5) is 11.4 Å². The molecule has 7 nitrogen and oxygen atoms in total. The fourth-order valence-corrected chi connectivity index (χ4v) is 6.33. The maximum absolute atomic E-state index is 13.5. The number of anilines is 2. The number of hydrogen-bond donors (Lipinski definition) is 0. The maximum Gasteiger partial charge on any atom is 0.264 e. The number of hydrogen-bond acceptors (Lipinski definition) is 6. The number of piperazine rings is 1. The first-order chi connectivity index (χ1) is 19.3. The zero-order valence-electron chi connectivity index (χ0n) is 23.6. The summed E-state index contributed by atoms with van der Waals surface area (Å²) in [5.74, 6) is 1.17. The van der Waals surface area contributed by atoms with E-state index < -0.39 is 0 Å². The molecule has 0 N–H and O–H groups in total. The van der Waals surface area contributed by atoms with E-state index in [1.165, 1.54) is 23.0 Å². The van der Waals surface area contributed by atoms with E-state index in [0.717, 1.165) is 22.7 Å². The SMILES string of the molecule is CCOc1ccc(/C=C2/Sc3ccc(C(=O)N4CCN(c5cccc(C)c5)C(C)C4)cc3N(C)C2=O)cc1OC. The van der Waals surface area contributed by atoms with Crippen molar-refractivity contribution in [3.05, 3.63) is 82.3 Å². The molecule has 1 atom stereocenters. The van der Waals surface area contributed by atoms with Crippen molar-refractivity contribution in [2.24, 2.45) is 0 Å². The van der Waals surface area contributed by atoms with Crippen LogP contribution in [0, 0.1) is 6.92 Å². The van der Waals surface area contributed by atoms with Gasteiger partial charge in [-0.1, -0.05) is 30.0 Å². The Hall–Kier alpha value is -3.91. The average molecular weight is 558 g/mol. The Bertz CT molecular complexity index is 1470. The molecule has 3 aromatic rings. The van der Waals surface area contributed by atoms with Crippen LogP contribution in [0.3, 0.4) is 0 Å². The van der Waals surface area contributed by atoms with Gasteiger partial charge in [-0.3, -0.25) is 9.59 Å². The van der Waals surface area contributed by atoms with E-state index in [0.29, 0.717) is 41.7 Å². The van der Waals surface area contributed by atoms with Crippen LogP contribution in [-0.4, -0.2) is 63.2 Å². The van der Waals surface area contributed by atoms with Gasteiger partial charge >= 0.3 is 0 Å². The van der Waals surface area contributed by atoms with Gasteiger partial charge in [0, 0.05) is 48.9 Å². The first-order valence-electron chi connectivity index (χ1n) is 13.5. The zero-order chi connectivity index (χ0) is 28.4. The van der Waals surface area contributed by atoms with Crippen molar-refractivity contribution in [2.75, 3.05) is 50.2 Å². The summed E-state index contributed by atoms with van der Waals surface area (Å²) in [6, 6.07) is 20.0. The first-order valence-corrected chi connectivity index (χ1v) is 14.4. The molecule has 0 radical (unpaired) electrons. The van der Waals surface area contributed by atoms with Gasteiger partial charge in [-0.2, -0.15) is 0 Å². The van der Waals surface area contributed by atoms with Crippen molar-refractivity contribution < 1.29 is 19.1 Å². The molecule has 0 aromatic heterocycles. The lowest BCUT2D eigenvalue weighted by atomic mass is 10.1. The number of rotatable bonds is 6. The maximum atomic E-state index is 13.5. The summed E-state index contributed by atoms with van der Waals surface area (Å²) in [5, 5.41) is 0. The van der Waals surface area contributed by atoms with E-state index in [2.05, 4.69) is 43.0 Å². The van der Waals surface area contributed by atoms with Gasteiger partial charge < -0.3 is 24.2 Å². The van der Waals surface area contributed by atoms with Crippen molar-refractivity contribution >= 4 is 41.0 Å².